The van der Waals surface area contributed by atoms with Crippen LogP contribution < -0.4 is 5.32 Å². The van der Waals surface area contributed by atoms with Gasteiger partial charge in [0, 0.05) is 23.3 Å². The van der Waals surface area contributed by atoms with Crippen molar-refractivity contribution < 1.29 is 17.6 Å². The van der Waals surface area contributed by atoms with Gasteiger partial charge in [-0.15, -0.1) is 0 Å². The van der Waals surface area contributed by atoms with E-state index in [9.17, 15) is 13.2 Å². The molecule has 18 heavy (non-hydrogen) atoms. The summed E-state index contributed by atoms with van der Waals surface area (Å²) in [5, 5.41) is 2.63. The number of rotatable bonds is 5. The minimum atomic E-state index is -3.93. The lowest BCUT2D eigenvalue weighted by Crippen LogP contribution is -2.24. The maximum Gasteiger partial charge on any atom is 0.287 e. The summed E-state index contributed by atoms with van der Waals surface area (Å²) in [5.41, 5.74) is 0. The number of carbonyl (C=O) groups is 1. The Hall–Kier alpha value is -0.530. The Bertz CT molecular complexity index is 538. The molecule has 0 spiro atoms. The molecule has 1 heterocycles. The third-order valence-corrected chi connectivity index (χ3v) is 4.33. The molecule has 0 saturated heterocycles. The summed E-state index contributed by atoms with van der Waals surface area (Å²) in [7, 11) is 1.25. The van der Waals surface area contributed by atoms with Crippen molar-refractivity contribution in [1.29, 1.82) is 0 Å². The van der Waals surface area contributed by atoms with E-state index in [1.54, 1.807) is 0 Å². The largest absolute Gasteiger partial charge is 0.443 e. The van der Waals surface area contributed by atoms with Crippen LogP contribution in [0.5, 0.6) is 0 Å². The average Bonchev–Trinajstić information content (AvgIpc) is 2.59. The van der Waals surface area contributed by atoms with Gasteiger partial charge in [-0.25, -0.2) is 8.42 Å². The predicted molar refractivity (Wildman–Crippen MR) is 71.2 cm³/mol. The van der Waals surface area contributed by atoms with Gasteiger partial charge < -0.3 is 9.73 Å². The minimum absolute atomic E-state index is 0.0773. The van der Waals surface area contributed by atoms with Crippen LogP contribution >= 0.6 is 26.6 Å². The van der Waals surface area contributed by atoms with Crippen LogP contribution in [0, 0.1) is 5.92 Å². The first kappa shape index (κ1) is 15.5. The molecule has 8 heteroatoms. The third kappa shape index (κ3) is 4.29. The molecule has 0 aliphatic heterocycles. The van der Waals surface area contributed by atoms with Crippen LogP contribution in [0.2, 0.25) is 0 Å². The first-order valence-corrected chi connectivity index (χ1v) is 8.34. The van der Waals surface area contributed by atoms with E-state index in [1.807, 2.05) is 13.8 Å². The molecule has 0 atom stereocenters. The lowest BCUT2D eigenvalue weighted by Gasteiger charge is -2.04. The maximum atomic E-state index is 11.7. The Morgan fingerprint density at radius 2 is 2.17 bits per heavy atom. The molecular weight excluding hydrogens is 346 g/mol. The third-order valence-electron chi connectivity index (χ3n) is 2.15. The van der Waals surface area contributed by atoms with E-state index in [0.29, 0.717) is 12.5 Å². The van der Waals surface area contributed by atoms with Crippen molar-refractivity contribution in [1.82, 2.24) is 5.32 Å². The van der Waals surface area contributed by atoms with Crippen LogP contribution in [-0.2, 0) is 9.05 Å². The standard InChI is InChI=1S/C10H13BrClNO4S/c1-6(2)3-4-13-10(14)7-5-8(9(11)17-7)18(12,15)16/h5-6H,3-4H2,1-2H3,(H,13,14). The van der Waals surface area contributed by atoms with Gasteiger partial charge in [-0.1, -0.05) is 13.8 Å². The van der Waals surface area contributed by atoms with E-state index in [-0.39, 0.29) is 15.3 Å². The van der Waals surface area contributed by atoms with Crippen molar-refractivity contribution in [3.63, 3.8) is 0 Å². The molecule has 5 nitrogen and oxygen atoms in total. The van der Waals surface area contributed by atoms with Crippen molar-refractivity contribution in [2.75, 3.05) is 6.54 Å². The monoisotopic (exact) mass is 357 g/mol. The quantitative estimate of drug-likeness (QED) is 0.821. The minimum Gasteiger partial charge on any atom is -0.443 e. The summed E-state index contributed by atoms with van der Waals surface area (Å²) in [6, 6.07) is 1.09. The number of halogens is 2. The topological polar surface area (TPSA) is 76.4 Å². The molecule has 0 unspecified atom stereocenters. The van der Waals surface area contributed by atoms with Crippen LogP contribution in [0.1, 0.15) is 30.8 Å². The van der Waals surface area contributed by atoms with Crippen molar-refractivity contribution in [3.05, 3.63) is 16.5 Å². The van der Waals surface area contributed by atoms with Crippen LogP contribution in [-0.4, -0.2) is 20.9 Å². The molecule has 0 aliphatic rings. The zero-order chi connectivity index (χ0) is 13.9. The van der Waals surface area contributed by atoms with Gasteiger partial charge in [0.1, 0.15) is 4.90 Å². The van der Waals surface area contributed by atoms with E-state index in [4.69, 9.17) is 15.1 Å². The Balaban J connectivity index is 2.77. The van der Waals surface area contributed by atoms with Gasteiger partial charge in [-0.3, -0.25) is 4.79 Å². The average molecular weight is 359 g/mol. The smallest absolute Gasteiger partial charge is 0.287 e. The number of hydrogen-bond donors (Lipinski definition) is 1. The SMILES string of the molecule is CC(C)CCNC(=O)c1cc(S(=O)(=O)Cl)c(Br)o1. The second-order valence-corrected chi connectivity index (χ2v) is 7.38. The molecule has 0 radical (unpaired) electrons. The highest BCUT2D eigenvalue weighted by Crippen LogP contribution is 2.28. The fourth-order valence-electron chi connectivity index (χ4n) is 1.19. The fraction of sp³-hybridized carbons (Fsp3) is 0.500. The van der Waals surface area contributed by atoms with Crippen molar-refractivity contribution >= 4 is 41.6 Å². The second kappa shape index (κ2) is 6.08. The highest BCUT2D eigenvalue weighted by molar-refractivity contribution is 9.10. The molecule has 1 aromatic rings. The van der Waals surface area contributed by atoms with E-state index in [1.165, 1.54) is 0 Å². The molecule has 0 aliphatic carbocycles. The molecule has 1 amide bonds. The summed E-state index contributed by atoms with van der Waals surface area (Å²) in [5.74, 6) is -0.0970. The first-order chi connectivity index (χ1) is 8.21. The van der Waals surface area contributed by atoms with Gasteiger partial charge in [0.05, 0.1) is 0 Å². The summed E-state index contributed by atoms with van der Waals surface area (Å²) in [6.07, 6.45) is 0.828. The molecule has 1 aromatic heterocycles. The lowest BCUT2D eigenvalue weighted by molar-refractivity contribution is 0.0923. The van der Waals surface area contributed by atoms with Crippen molar-refractivity contribution in [2.45, 2.75) is 25.2 Å². The molecule has 0 fully saturated rings. The van der Waals surface area contributed by atoms with Gasteiger partial charge in [-0.05, 0) is 28.3 Å². The summed E-state index contributed by atoms with van der Waals surface area (Å²) in [4.78, 5) is 11.4. The van der Waals surface area contributed by atoms with Crippen molar-refractivity contribution in [2.24, 2.45) is 5.92 Å². The fourth-order valence-corrected chi connectivity index (χ4v) is 3.22. The summed E-state index contributed by atoms with van der Waals surface area (Å²) >= 11 is 2.90. The highest BCUT2D eigenvalue weighted by atomic mass is 79.9. The Labute approximate surface area is 118 Å². The summed E-state index contributed by atoms with van der Waals surface area (Å²) < 4.78 is 27.2. The van der Waals surface area contributed by atoms with Crippen LogP contribution in [0.15, 0.2) is 20.0 Å². The van der Waals surface area contributed by atoms with Gasteiger partial charge in [0.2, 0.25) is 0 Å². The zero-order valence-corrected chi connectivity index (χ0v) is 13.0. The van der Waals surface area contributed by atoms with Gasteiger partial charge in [0.25, 0.3) is 15.0 Å². The highest BCUT2D eigenvalue weighted by Gasteiger charge is 2.23. The molecule has 1 rings (SSSR count). The number of nitrogens with one attached hydrogen (secondary N) is 1. The molecule has 1 N–H and O–H groups in total. The number of hydrogen-bond acceptors (Lipinski definition) is 4. The van der Waals surface area contributed by atoms with Gasteiger partial charge >= 0.3 is 0 Å². The van der Waals surface area contributed by atoms with E-state index in [0.717, 1.165) is 12.5 Å². The molecular formula is C10H13BrClNO4S. The van der Waals surface area contributed by atoms with Crippen LogP contribution in [0.4, 0.5) is 0 Å². The number of furan rings is 1. The summed E-state index contributed by atoms with van der Waals surface area (Å²) in [6.45, 7) is 4.57. The van der Waals surface area contributed by atoms with E-state index in [2.05, 4.69) is 21.2 Å². The maximum absolute atomic E-state index is 11.7. The van der Waals surface area contributed by atoms with Crippen molar-refractivity contribution in [3.8, 4) is 0 Å². The molecule has 0 bridgehead atoms. The predicted octanol–water partition coefficient (Wildman–Crippen LogP) is 2.75. The van der Waals surface area contributed by atoms with E-state index >= 15 is 0 Å². The van der Waals surface area contributed by atoms with Gasteiger partial charge in [-0.2, -0.15) is 0 Å². The Morgan fingerprint density at radius 1 is 1.56 bits per heavy atom. The van der Waals surface area contributed by atoms with Gasteiger partial charge in [0.15, 0.2) is 10.4 Å². The van der Waals surface area contributed by atoms with Crippen LogP contribution in [0.25, 0.3) is 0 Å². The zero-order valence-electron chi connectivity index (χ0n) is 9.87. The normalized spacial score (nSPS) is 11.8. The Morgan fingerprint density at radius 3 is 2.61 bits per heavy atom. The second-order valence-electron chi connectivity index (χ2n) is 4.12. The lowest BCUT2D eigenvalue weighted by atomic mass is 10.1. The Kier molecular flexibility index (Phi) is 5.24. The first-order valence-electron chi connectivity index (χ1n) is 5.24. The number of carbonyl (C=O) groups excluding carboxylic acids is 1. The molecule has 0 saturated carbocycles. The number of amides is 1. The van der Waals surface area contributed by atoms with E-state index < -0.39 is 15.0 Å². The molecule has 0 aromatic carbocycles. The molecule has 102 valence electrons. The van der Waals surface area contributed by atoms with Crippen LogP contribution in [0.3, 0.4) is 0 Å².